The van der Waals surface area contributed by atoms with Crippen LogP contribution in [0.3, 0.4) is 0 Å². The summed E-state index contributed by atoms with van der Waals surface area (Å²) in [7, 11) is 3.66. The normalized spacial score (nSPS) is 12.8. The van der Waals surface area contributed by atoms with Crippen LogP contribution in [0.1, 0.15) is 22.3 Å². The van der Waals surface area contributed by atoms with Crippen LogP contribution in [0, 0.1) is 0 Å². The zero-order valence-electron chi connectivity index (χ0n) is 30.4. The highest BCUT2D eigenvalue weighted by Crippen LogP contribution is 2.58. The molecule has 55 heavy (non-hydrogen) atoms. The van der Waals surface area contributed by atoms with E-state index in [2.05, 4.69) is 115 Å². The number of aromatic nitrogens is 5. The van der Waals surface area contributed by atoms with E-state index in [4.69, 9.17) is 15.0 Å². The standard InChI is InChI=1S/C49H35N5O/c1-53-42-29-27-34(31-43(42)54(2)48(53)55)38-24-15-25-40-44(38)39-28-26-35(30-41(39)49(40,36-20-11-5-12-21-36)37-22-13-6-14-23-37)47-51-45(32-16-7-3-8-17-32)50-46(52-47)33-18-9-4-10-19-33/h3-31H,1-2H3. The first kappa shape index (κ1) is 32.5. The molecule has 9 aromatic rings. The van der Waals surface area contributed by atoms with Crippen LogP contribution in [-0.4, -0.2) is 24.1 Å². The average Bonchev–Trinajstić information content (AvgIpc) is 3.68. The Kier molecular flexibility index (Phi) is 7.52. The van der Waals surface area contributed by atoms with E-state index in [9.17, 15) is 4.79 Å². The van der Waals surface area contributed by atoms with Gasteiger partial charge in [0, 0.05) is 30.8 Å². The molecule has 2 aromatic heterocycles. The molecule has 1 aliphatic rings. The second-order valence-corrected chi connectivity index (χ2v) is 14.1. The molecule has 0 radical (unpaired) electrons. The lowest BCUT2D eigenvalue weighted by Gasteiger charge is -2.34. The number of aryl methyl sites for hydroxylation is 2. The fourth-order valence-corrected chi connectivity index (χ4v) is 8.53. The first-order valence-corrected chi connectivity index (χ1v) is 18.4. The summed E-state index contributed by atoms with van der Waals surface area (Å²) in [5, 5.41) is 0. The number of rotatable bonds is 6. The molecule has 262 valence electrons. The molecule has 0 spiro atoms. The lowest BCUT2D eigenvalue weighted by molar-refractivity contribution is 0.768. The predicted molar refractivity (Wildman–Crippen MR) is 221 cm³/mol. The maximum Gasteiger partial charge on any atom is 0.328 e. The van der Waals surface area contributed by atoms with E-state index < -0.39 is 5.41 Å². The zero-order chi connectivity index (χ0) is 37.1. The highest BCUT2D eigenvalue weighted by Gasteiger charge is 2.47. The number of benzene rings is 7. The lowest BCUT2D eigenvalue weighted by atomic mass is 9.67. The van der Waals surface area contributed by atoms with Crippen LogP contribution in [0.15, 0.2) is 181 Å². The van der Waals surface area contributed by atoms with Gasteiger partial charge in [0.2, 0.25) is 0 Å². The second-order valence-electron chi connectivity index (χ2n) is 14.1. The first-order chi connectivity index (χ1) is 27.0. The molecular formula is C49H35N5O. The van der Waals surface area contributed by atoms with Gasteiger partial charge in [-0.3, -0.25) is 9.13 Å². The molecule has 0 saturated carbocycles. The topological polar surface area (TPSA) is 65.6 Å². The summed E-state index contributed by atoms with van der Waals surface area (Å²) < 4.78 is 3.43. The fourth-order valence-electron chi connectivity index (χ4n) is 8.53. The van der Waals surface area contributed by atoms with Crippen LogP contribution >= 0.6 is 0 Å². The van der Waals surface area contributed by atoms with Crippen LogP contribution in [0.25, 0.3) is 67.5 Å². The van der Waals surface area contributed by atoms with Crippen molar-refractivity contribution in [1.29, 1.82) is 0 Å². The van der Waals surface area contributed by atoms with Crippen molar-refractivity contribution in [2.45, 2.75) is 5.41 Å². The first-order valence-electron chi connectivity index (χ1n) is 18.4. The van der Waals surface area contributed by atoms with Gasteiger partial charge >= 0.3 is 5.69 Å². The van der Waals surface area contributed by atoms with E-state index in [-0.39, 0.29) is 5.69 Å². The van der Waals surface area contributed by atoms with Crippen molar-refractivity contribution < 1.29 is 0 Å². The van der Waals surface area contributed by atoms with Gasteiger partial charge in [0.15, 0.2) is 17.5 Å². The Bertz CT molecular complexity index is 2860. The highest BCUT2D eigenvalue weighted by atomic mass is 16.1. The number of fused-ring (bicyclic) bond motifs is 4. The minimum Gasteiger partial charge on any atom is -0.295 e. The van der Waals surface area contributed by atoms with Crippen molar-refractivity contribution in [2.24, 2.45) is 14.1 Å². The summed E-state index contributed by atoms with van der Waals surface area (Å²) in [6.07, 6.45) is 0. The van der Waals surface area contributed by atoms with Crippen LogP contribution in [-0.2, 0) is 19.5 Å². The van der Waals surface area contributed by atoms with Gasteiger partial charge in [-0.1, -0.05) is 158 Å². The molecule has 0 unspecified atom stereocenters. The SMILES string of the molecule is Cn1c(=O)n(C)c2cc(-c3cccc4c3-c3ccc(-c5nc(-c6ccccc6)nc(-c6ccccc6)n5)cc3C4(c3ccccc3)c3ccccc3)ccc21. The Labute approximate surface area is 318 Å². The predicted octanol–water partition coefficient (Wildman–Crippen LogP) is 10.1. The third-order valence-electron chi connectivity index (χ3n) is 11.1. The molecule has 1 aliphatic carbocycles. The van der Waals surface area contributed by atoms with E-state index in [1.165, 1.54) is 22.3 Å². The Hall–Kier alpha value is -7.18. The Morgan fingerprint density at radius 3 is 1.51 bits per heavy atom. The Balaban J connectivity index is 1.27. The van der Waals surface area contributed by atoms with Gasteiger partial charge in [-0.15, -0.1) is 0 Å². The molecule has 10 rings (SSSR count). The van der Waals surface area contributed by atoms with E-state index in [1.54, 1.807) is 9.13 Å². The van der Waals surface area contributed by atoms with E-state index in [0.29, 0.717) is 17.5 Å². The van der Waals surface area contributed by atoms with Crippen molar-refractivity contribution in [3.05, 3.63) is 209 Å². The minimum atomic E-state index is -0.652. The molecular weight excluding hydrogens is 675 g/mol. The minimum absolute atomic E-state index is 0.0420. The largest absolute Gasteiger partial charge is 0.328 e. The second kappa shape index (κ2) is 12.7. The molecule has 2 heterocycles. The molecule has 0 N–H and O–H groups in total. The summed E-state index contributed by atoms with van der Waals surface area (Å²) in [5.74, 6) is 1.86. The van der Waals surface area contributed by atoms with Gasteiger partial charge < -0.3 is 0 Å². The van der Waals surface area contributed by atoms with Crippen LogP contribution in [0.5, 0.6) is 0 Å². The highest BCUT2D eigenvalue weighted by molar-refractivity contribution is 5.97. The average molecular weight is 710 g/mol. The third-order valence-corrected chi connectivity index (χ3v) is 11.1. The van der Waals surface area contributed by atoms with Crippen LogP contribution < -0.4 is 5.69 Å². The smallest absolute Gasteiger partial charge is 0.295 e. The molecule has 7 aromatic carbocycles. The van der Waals surface area contributed by atoms with Crippen molar-refractivity contribution in [3.63, 3.8) is 0 Å². The molecule has 0 fully saturated rings. The van der Waals surface area contributed by atoms with Gasteiger partial charge in [0.05, 0.1) is 16.4 Å². The summed E-state index contributed by atoms with van der Waals surface area (Å²) in [5.41, 5.74) is 13.0. The van der Waals surface area contributed by atoms with E-state index in [1.807, 2.05) is 74.8 Å². The van der Waals surface area contributed by atoms with Crippen molar-refractivity contribution in [2.75, 3.05) is 0 Å². The summed E-state index contributed by atoms with van der Waals surface area (Å²) in [6, 6.07) is 61.5. The van der Waals surface area contributed by atoms with Gasteiger partial charge in [-0.05, 0) is 62.7 Å². The van der Waals surface area contributed by atoms with Crippen LogP contribution in [0.4, 0.5) is 0 Å². The molecule has 0 saturated heterocycles. The number of hydrogen-bond acceptors (Lipinski definition) is 4. The molecule has 0 atom stereocenters. The lowest BCUT2D eigenvalue weighted by Crippen LogP contribution is -2.28. The van der Waals surface area contributed by atoms with E-state index >= 15 is 0 Å². The maximum absolute atomic E-state index is 12.9. The van der Waals surface area contributed by atoms with Crippen LogP contribution in [0.2, 0.25) is 0 Å². The third kappa shape index (κ3) is 5.02. The van der Waals surface area contributed by atoms with Crippen molar-refractivity contribution in [1.82, 2.24) is 24.1 Å². The fraction of sp³-hybridized carbons (Fsp3) is 0.0612. The van der Waals surface area contributed by atoms with Gasteiger partial charge in [-0.25, -0.2) is 19.7 Å². The Morgan fingerprint density at radius 2 is 0.927 bits per heavy atom. The molecule has 6 heteroatoms. The number of hydrogen-bond donors (Lipinski definition) is 0. The van der Waals surface area contributed by atoms with Gasteiger partial charge in [-0.2, -0.15) is 0 Å². The monoisotopic (exact) mass is 709 g/mol. The molecule has 6 nitrogen and oxygen atoms in total. The Morgan fingerprint density at radius 1 is 0.418 bits per heavy atom. The number of nitrogens with zero attached hydrogens (tertiary/aromatic N) is 5. The molecule has 0 bridgehead atoms. The van der Waals surface area contributed by atoms with Gasteiger partial charge in [0.25, 0.3) is 0 Å². The van der Waals surface area contributed by atoms with E-state index in [0.717, 1.165) is 50.0 Å². The summed E-state index contributed by atoms with van der Waals surface area (Å²) in [6.45, 7) is 0. The summed E-state index contributed by atoms with van der Waals surface area (Å²) in [4.78, 5) is 28.2. The molecule has 0 aliphatic heterocycles. The zero-order valence-corrected chi connectivity index (χ0v) is 30.4. The number of imidazole rings is 1. The maximum atomic E-state index is 12.9. The summed E-state index contributed by atoms with van der Waals surface area (Å²) >= 11 is 0. The van der Waals surface area contributed by atoms with Gasteiger partial charge in [0.1, 0.15) is 0 Å². The van der Waals surface area contributed by atoms with Crippen molar-refractivity contribution >= 4 is 11.0 Å². The van der Waals surface area contributed by atoms with Crippen molar-refractivity contribution in [3.8, 4) is 56.4 Å². The quantitative estimate of drug-likeness (QED) is 0.172. The molecule has 0 amide bonds.